The molecule has 1 aliphatic rings. The molecule has 3 rings (SSSR count). The molecule has 0 aromatic heterocycles. The zero-order valence-electron chi connectivity index (χ0n) is 25.5. The summed E-state index contributed by atoms with van der Waals surface area (Å²) in [5, 5.41) is 33.2. The highest BCUT2D eigenvalue weighted by molar-refractivity contribution is 5.53. The summed E-state index contributed by atoms with van der Waals surface area (Å²) in [6.07, 6.45) is 1.05. The van der Waals surface area contributed by atoms with E-state index in [-0.39, 0.29) is 27.7 Å². The van der Waals surface area contributed by atoms with E-state index >= 15 is 0 Å². The first-order valence-electron chi connectivity index (χ1n) is 13.9. The van der Waals surface area contributed by atoms with E-state index in [9.17, 15) is 15.3 Å². The van der Waals surface area contributed by atoms with Gasteiger partial charge in [-0.2, -0.15) is 0 Å². The van der Waals surface area contributed by atoms with E-state index in [1.165, 1.54) is 0 Å². The average Bonchev–Trinajstić information content (AvgIpc) is 2.78. The van der Waals surface area contributed by atoms with Crippen LogP contribution in [0.15, 0.2) is 24.3 Å². The quantitative estimate of drug-likeness (QED) is 0.331. The van der Waals surface area contributed by atoms with Gasteiger partial charge >= 0.3 is 0 Å². The Morgan fingerprint density at radius 1 is 0.632 bits per heavy atom. The maximum absolute atomic E-state index is 11.5. The standard InChI is InChI=1S/C33H50O5/c1-20-18-37-29(38-19-20)21-14-23(30(2,3)4)27(35)25(15-21)32(8,9)12-13-33(10,11)26-17-22(34)16-24(28(26)36)31(5,6)7/h14-17,20,29,34-36H,12-13,18-19H2,1-11H3. The molecule has 2 aromatic carbocycles. The maximum Gasteiger partial charge on any atom is 0.183 e. The van der Waals surface area contributed by atoms with Gasteiger partial charge in [-0.05, 0) is 64.3 Å². The molecule has 1 fully saturated rings. The van der Waals surface area contributed by atoms with Crippen molar-refractivity contribution in [3.63, 3.8) is 0 Å². The molecule has 5 heteroatoms. The van der Waals surface area contributed by atoms with Crippen LogP contribution in [0.5, 0.6) is 17.2 Å². The van der Waals surface area contributed by atoms with Gasteiger partial charge < -0.3 is 24.8 Å². The molecule has 5 nitrogen and oxygen atoms in total. The number of hydrogen-bond acceptors (Lipinski definition) is 5. The second-order valence-electron chi connectivity index (χ2n) is 14.7. The lowest BCUT2D eigenvalue weighted by molar-refractivity contribution is -0.202. The number of aromatic hydroxyl groups is 3. The molecule has 212 valence electrons. The Morgan fingerprint density at radius 3 is 1.45 bits per heavy atom. The van der Waals surface area contributed by atoms with Crippen molar-refractivity contribution in [2.75, 3.05) is 13.2 Å². The monoisotopic (exact) mass is 526 g/mol. The maximum atomic E-state index is 11.5. The van der Waals surface area contributed by atoms with Gasteiger partial charge in [0.15, 0.2) is 6.29 Å². The number of benzene rings is 2. The van der Waals surface area contributed by atoms with Crippen molar-refractivity contribution < 1.29 is 24.8 Å². The summed E-state index contributed by atoms with van der Waals surface area (Å²) in [5.74, 6) is 1.09. The molecule has 0 unspecified atom stereocenters. The van der Waals surface area contributed by atoms with Crippen molar-refractivity contribution in [1.29, 1.82) is 0 Å². The Bertz CT molecular complexity index is 1140. The minimum atomic E-state index is -0.445. The molecule has 1 saturated heterocycles. The van der Waals surface area contributed by atoms with Gasteiger partial charge in [0.1, 0.15) is 17.2 Å². The topological polar surface area (TPSA) is 79.2 Å². The molecule has 0 radical (unpaired) electrons. The fourth-order valence-electron chi connectivity index (χ4n) is 5.27. The molecule has 1 aliphatic heterocycles. The summed E-state index contributed by atoms with van der Waals surface area (Å²) < 4.78 is 12.1. The fourth-order valence-corrected chi connectivity index (χ4v) is 5.27. The lowest BCUT2D eigenvalue weighted by Crippen LogP contribution is -2.28. The molecular weight excluding hydrogens is 476 g/mol. The summed E-state index contributed by atoms with van der Waals surface area (Å²) in [6, 6.07) is 7.42. The van der Waals surface area contributed by atoms with Gasteiger partial charge in [-0.15, -0.1) is 0 Å². The van der Waals surface area contributed by atoms with Gasteiger partial charge in [-0.1, -0.05) is 76.2 Å². The largest absolute Gasteiger partial charge is 0.508 e. The number of rotatable bonds is 6. The fraction of sp³-hybridized carbons (Fsp3) is 0.636. The van der Waals surface area contributed by atoms with Crippen LogP contribution in [0, 0.1) is 5.92 Å². The predicted octanol–water partition coefficient (Wildman–Crippen LogP) is 8.12. The molecule has 2 aromatic rings. The van der Waals surface area contributed by atoms with Crippen LogP contribution in [0.3, 0.4) is 0 Å². The minimum absolute atomic E-state index is 0.164. The Morgan fingerprint density at radius 2 is 1.00 bits per heavy atom. The van der Waals surface area contributed by atoms with Gasteiger partial charge in [-0.25, -0.2) is 0 Å². The van der Waals surface area contributed by atoms with Gasteiger partial charge in [-0.3, -0.25) is 0 Å². The van der Waals surface area contributed by atoms with E-state index in [1.807, 2.05) is 32.9 Å². The van der Waals surface area contributed by atoms with Crippen molar-refractivity contribution >= 4 is 0 Å². The normalized spacial score (nSPS) is 19.6. The zero-order chi connectivity index (χ0) is 28.8. The molecule has 0 aliphatic carbocycles. The molecule has 0 amide bonds. The molecule has 1 heterocycles. The highest BCUT2D eigenvalue weighted by Crippen LogP contribution is 2.47. The van der Waals surface area contributed by atoms with Crippen LogP contribution >= 0.6 is 0 Å². The Labute approximate surface area is 230 Å². The zero-order valence-corrected chi connectivity index (χ0v) is 25.5. The van der Waals surface area contributed by atoms with E-state index < -0.39 is 11.7 Å². The van der Waals surface area contributed by atoms with E-state index in [1.54, 1.807) is 12.1 Å². The smallest absolute Gasteiger partial charge is 0.183 e. The third kappa shape index (κ3) is 6.48. The summed E-state index contributed by atoms with van der Waals surface area (Å²) in [7, 11) is 0. The Balaban J connectivity index is 1.99. The van der Waals surface area contributed by atoms with Crippen LogP contribution < -0.4 is 0 Å². The first-order valence-corrected chi connectivity index (χ1v) is 13.9. The van der Waals surface area contributed by atoms with Crippen LogP contribution in [-0.2, 0) is 31.1 Å². The van der Waals surface area contributed by atoms with Crippen LogP contribution in [0.25, 0.3) is 0 Å². The Hall–Kier alpha value is -2.24. The minimum Gasteiger partial charge on any atom is -0.508 e. The lowest BCUT2D eigenvalue weighted by Gasteiger charge is -2.36. The van der Waals surface area contributed by atoms with Gasteiger partial charge in [0, 0.05) is 28.2 Å². The van der Waals surface area contributed by atoms with Crippen molar-refractivity contribution in [1.82, 2.24) is 0 Å². The second kappa shape index (κ2) is 10.4. The molecule has 0 bridgehead atoms. The summed E-state index contributed by atoms with van der Waals surface area (Å²) in [6.45, 7) is 24.3. The summed E-state index contributed by atoms with van der Waals surface area (Å²) in [4.78, 5) is 0. The van der Waals surface area contributed by atoms with Crippen LogP contribution in [0.1, 0.15) is 123 Å². The summed E-state index contributed by atoms with van der Waals surface area (Å²) >= 11 is 0. The van der Waals surface area contributed by atoms with Crippen molar-refractivity contribution in [3.05, 3.63) is 52.1 Å². The van der Waals surface area contributed by atoms with Crippen LogP contribution in [0.4, 0.5) is 0 Å². The van der Waals surface area contributed by atoms with E-state index in [4.69, 9.17) is 9.47 Å². The van der Waals surface area contributed by atoms with E-state index in [2.05, 4.69) is 55.4 Å². The summed E-state index contributed by atoms with van der Waals surface area (Å²) in [5.41, 5.74) is 2.81. The second-order valence-corrected chi connectivity index (χ2v) is 14.7. The molecule has 38 heavy (non-hydrogen) atoms. The number of phenols is 3. The SMILES string of the molecule is CC1COC(c2cc(C(C)(C)C)c(O)c(C(C)(C)CCC(C)(C)c3cc(O)cc(C(C)(C)C)c3O)c2)OC1. The van der Waals surface area contributed by atoms with Crippen molar-refractivity contribution in [3.8, 4) is 17.2 Å². The first kappa shape index (κ1) is 30.3. The van der Waals surface area contributed by atoms with E-state index in [0.717, 1.165) is 40.7 Å². The Kier molecular flexibility index (Phi) is 8.28. The first-order chi connectivity index (χ1) is 17.2. The molecular formula is C33H50O5. The molecule has 3 N–H and O–H groups in total. The highest BCUT2D eigenvalue weighted by Gasteiger charge is 2.35. The van der Waals surface area contributed by atoms with Crippen LogP contribution in [-0.4, -0.2) is 28.5 Å². The third-order valence-corrected chi connectivity index (χ3v) is 8.01. The highest BCUT2D eigenvalue weighted by atomic mass is 16.7. The number of ether oxygens (including phenoxy) is 2. The molecule has 0 saturated carbocycles. The van der Waals surface area contributed by atoms with Crippen molar-refractivity contribution in [2.45, 2.75) is 117 Å². The van der Waals surface area contributed by atoms with Gasteiger partial charge in [0.2, 0.25) is 0 Å². The molecule has 0 spiro atoms. The van der Waals surface area contributed by atoms with Crippen LogP contribution in [0.2, 0.25) is 0 Å². The lowest BCUT2D eigenvalue weighted by atomic mass is 9.70. The van der Waals surface area contributed by atoms with E-state index in [0.29, 0.717) is 24.9 Å². The number of phenolic OH excluding ortho intramolecular Hbond substituents is 3. The predicted molar refractivity (Wildman–Crippen MR) is 154 cm³/mol. The average molecular weight is 527 g/mol. The van der Waals surface area contributed by atoms with Gasteiger partial charge in [0.25, 0.3) is 0 Å². The van der Waals surface area contributed by atoms with Gasteiger partial charge in [0.05, 0.1) is 13.2 Å². The number of hydrogen-bond donors (Lipinski definition) is 3. The third-order valence-electron chi connectivity index (χ3n) is 8.01. The molecule has 0 atom stereocenters. The van der Waals surface area contributed by atoms with Crippen molar-refractivity contribution in [2.24, 2.45) is 5.92 Å².